The van der Waals surface area contributed by atoms with Crippen LogP contribution in [0.25, 0.3) is 0 Å². The third-order valence-corrected chi connectivity index (χ3v) is 5.50. The predicted molar refractivity (Wildman–Crippen MR) is 105 cm³/mol. The minimum absolute atomic E-state index is 0.260. The van der Waals surface area contributed by atoms with E-state index in [0.717, 1.165) is 57.1 Å². The Morgan fingerprint density at radius 3 is 2.67 bits per heavy atom. The number of nitrogens with one attached hydrogen (secondary N) is 1. The summed E-state index contributed by atoms with van der Waals surface area (Å²) in [6, 6.07) is 12.8. The van der Waals surface area contributed by atoms with Gasteiger partial charge in [0, 0.05) is 19.7 Å². The van der Waals surface area contributed by atoms with E-state index in [-0.39, 0.29) is 6.10 Å². The topological polar surface area (TPSA) is 46.9 Å². The van der Waals surface area contributed by atoms with Crippen LogP contribution in [0.15, 0.2) is 47.1 Å². The van der Waals surface area contributed by atoms with Crippen molar-refractivity contribution in [2.24, 2.45) is 0 Å². The predicted octanol–water partition coefficient (Wildman–Crippen LogP) is 3.76. The van der Waals surface area contributed by atoms with Gasteiger partial charge >= 0.3 is 0 Å². The zero-order valence-electron chi connectivity index (χ0n) is 15.9. The highest BCUT2D eigenvalue weighted by Crippen LogP contribution is 2.25. The van der Waals surface area contributed by atoms with Gasteiger partial charge in [-0.3, -0.25) is 4.90 Å². The summed E-state index contributed by atoms with van der Waals surface area (Å²) < 4.78 is 17.1. The van der Waals surface area contributed by atoms with Gasteiger partial charge in [0.25, 0.3) is 0 Å². The number of likely N-dealkylation sites (tertiary alicyclic amines) is 1. The summed E-state index contributed by atoms with van der Waals surface area (Å²) in [6.45, 7) is 5.57. The van der Waals surface area contributed by atoms with E-state index in [2.05, 4.69) is 40.5 Å². The van der Waals surface area contributed by atoms with Crippen molar-refractivity contribution in [3.8, 4) is 5.75 Å². The SMILES string of the molecule is c1coc(C(CNCc2ccc(OCC3CCCO3)cc2)N2CCCC2)c1. The molecule has 4 rings (SSSR count). The fourth-order valence-electron chi connectivity index (χ4n) is 3.97. The fraction of sp³-hybridized carbons (Fsp3) is 0.545. The van der Waals surface area contributed by atoms with Crippen molar-refractivity contribution < 1.29 is 13.9 Å². The van der Waals surface area contributed by atoms with Crippen molar-refractivity contribution in [3.63, 3.8) is 0 Å². The Bertz CT molecular complexity index is 659. The molecular formula is C22H30N2O3. The van der Waals surface area contributed by atoms with Gasteiger partial charge in [0.1, 0.15) is 18.1 Å². The molecule has 0 spiro atoms. The number of furan rings is 1. The minimum atomic E-state index is 0.260. The molecule has 27 heavy (non-hydrogen) atoms. The Morgan fingerprint density at radius 1 is 1.11 bits per heavy atom. The second kappa shape index (κ2) is 9.40. The molecule has 3 heterocycles. The normalized spacial score (nSPS) is 21.6. The maximum Gasteiger partial charge on any atom is 0.122 e. The van der Waals surface area contributed by atoms with Crippen LogP contribution in [0.5, 0.6) is 5.75 Å². The molecule has 1 N–H and O–H groups in total. The van der Waals surface area contributed by atoms with Gasteiger partial charge in [-0.05, 0) is 68.6 Å². The van der Waals surface area contributed by atoms with Crippen LogP contribution >= 0.6 is 0 Å². The molecule has 146 valence electrons. The summed E-state index contributed by atoms with van der Waals surface area (Å²) in [5.74, 6) is 1.97. The molecule has 2 saturated heterocycles. The lowest BCUT2D eigenvalue weighted by Gasteiger charge is -2.26. The van der Waals surface area contributed by atoms with Crippen molar-refractivity contribution in [3.05, 3.63) is 54.0 Å². The van der Waals surface area contributed by atoms with Crippen LogP contribution in [0.2, 0.25) is 0 Å². The van der Waals surface area contributed by atoms with Gasteiger partial charge < -0.3 is 19.2 Å². The summed E-state index contributed by atoms with van der Waals surface area (Å²) in [5, 5.41) is 3.60. The van der Waals surface area contributed by atoms with Gasteiger partial charge in [0.15, 0.2) is 0 Å². The average molecular weight is 370 g/mol. The van der Waals surface area contributed by atoms with Crippen LogP contribution in [-0.4, -0.2) is 43.9 Å². The minimum Gasteiger partial charge on any atom is -0.491 e. The first-order valence-corrected chi connectivity index (χ1v) is 10.2. The van der Waals surface area contributed by atoms with Crippen molar-refractivity contribution in [2.45, 2.75) is 44.4 Å². The largest absolute Gasteiger partial charge is 0.491 e. The molecule has 2 unspecified atom stereocenters. The summed E-state index contributed by atoms with van der Waals surface area (Å²) in [4.78, 5) is 2.52. The van der Waals surface area contributed by atoms with Crippen LogP contribution in [0.3, 0.4) is 0 Å². The van der Waals surface area contributed by atoms with Gasteiger partial charge in [0.2, 0.25) is 0 Å². The fourth-order valence-corrected chi connectivity index (χ4v) is 3.97. The Morgan fingerprint density at radius 2 is 1.96 bits per heavy atom. The standard InChI is InChI=1S/C22H30N2O3/c1-2-12-24(11-1)21(22-6-4-14-26-22)16-23-15-18-7-9-19(10-8-18)27-17-20-5-3-13-25-20/h4,6-10,14,20-21,23H,1-3,5,11-13,15-17H2. The third kappa shape index (κ3) is 5.12. The molecule has 5 nitrogen and oxygen atoms in total. The molecule has 2 aromatic rings. The molecule has 2 aliphatic heterocycles. The molecule has 2 aliphatic rings. The van der Waals surface area contributed by atoms with E-state index in [9.17, 15) is 0 Å². The van der Waals surface area contributed by atoms with Crippen LogP contribution in [-0.2, 0) is 11.3 Å². The van der Waals surface area contributed by atoms with Crippen molar-refractivity contribution in [1.29, 1.82) is 0 Å². The number of ether oxygens (including phenoxy) is 2. The van der Waals surface area contributed by atoms with E-state index < -0.39 is 0 Å². The van der Waals surface area contributed by atoms with Gasteiger partial charge in [0.05, 0.1) is 18.4 Å². The number of hydrogen-bond acceptors (Lipinski definition) is 5. The number of benzene rings is 1. The van der Waals surface area contributed by atoms with Crippen molar-refractivity contribution in [2.75, 3.05) is 32.8 Å². The van der Waals surface area contributed by atoms with Crippen molar-refractivity contribution in [1.82, 2.24) is 10.2 Å². The number of hydrogen-bond donors (Lipinski definition) is 1. The van der Waals surface area contributed by atoms with E-state index in [1.54, 1.807) is 6.26 Å². The summed E-state index contributed by atoms with van der Waals surface area (Å²) in [7, 11) is 0. The molecule has 0 saturated carbocycles. The molecule has 2 atom stereocenters. The number of nitrogens with zero attached hydrogens (tertiary/aromatic N) is 1. The van der Waals surface area contributed by atoms with Gasteiger partial charge in [-0.25, -0.2) is 0 Å². The first-order valence-electron chi connectivity index (χ1n) is 10.2. The molecule has 2 fully saturated rings. The molecule has 0 radical (unpaired) electrons. The van der Waals surface area contributed by atoms with Gasteiger partial charge in [-0.2, -0.15) is 0 Å². The molecule has 1 aromatic heterocycles. The second-order valence-corrected chi connectivity index (χ2v) is 7.50. The Kier molecular flexibility index (Phi) is 6.45. The highest BCUT2D eigenvalue weighted by Gasteiger charge is 2.25. The first-order chi connectivity index (χ1) is 13.4. The Balaban J connectivity index is 1.25. The number of rotatable bonds is 9. The monoisotopic (exact) mass is 370 g/mol. The van der Waals surface area contributed by atoms with Gasteiger partial charge in [-0.1, -0.05) is 12.1 Å². The zero-order chi connectivity index (χ0) is 18.3. The van der Waals surface area contributed by atoms with Crippen LogP contribution < -0.4 is 10.1 Å². The summed E-state index contributed by atoms with van der Waals surface area (Å²) >= 11 is 0. The highest BCUT2D eigenvalue weighted by molar-refractivity contribution is 5.27. The van der Waals surface area contributed by atoms with E-state index >= 15 is 0 Å². The smallest absolute Gasteiger partial charge is 0.122 e. The molecule has 5 heteroatoms. The molecular weight excluding hydrogens is 340 g/mol. The van der Waals surface area contributed by atoms with Crippen LogP contribution in [0.1, 0.15) is 43.0 Å². The Hall–Kier alpha value is -1.82. The molecule has 0 bridgehead atoms. The van der Waals surface area contributed by atoms with Crippen LogP contribution in [0.4, 0.5) is 0 Å². The third-order valence-electron chi connectivity index (χ3n) is 5.50. The summed E-state index contributed by atoms with van der Waals surface area (Å²) in [6.07, 6.45) is 6.85. The lowest BCUT2D eigenvalue weighted by atomic mass is 10.1. The summed E-state index contributed by atoms with van der Waals surface area (Å²) in [5.41, 5.74) is 1.26. The molecule has 1 aromatic carbocycles. The maximum absolute atomic E-state index is 5.84. The van der Waals surface area contributed by atoms with E-state index in [4.69, 9.17) is 13.9 Å². The molecule has 0 aliphatic carbocycles. The lowest BCUT2D eigenvalue weighted by molar-refractivity contribution is 0.0679. The quantitative estimate of drug-likeness (QED) is 0.728. The Labute approximate surface area is 161 Å². The van der Waals surface area contributed by atoms with E-state index in [1.165, 1.54) is 18.4 Å². The second-order valence-electron chi connectivity index (χ2n) is 7.50. The van der Waals surface area contributed by atoms with Crippen LogP contribution in [0, 0.1) is 0 Å². The van der Waals surface area contributed by atoms with E-state index in [1.807, 2.05) is 6.07 Å². The first kappa shape index (κ1) is 18.5. The van der Waals surface area contributed by atoms with Crippen molar-refractivity contribution >= 4 is 0 Å². The zero-order valence-corrected chi connectivity index (χ0v) is 15.9. The average Bonchev–Trinajstić information content (AvgIpc) is 3.48. The lowest BCUT2D eigenvalue weighted by Crippen LogP contribution is -2.33. The van der Waals surface area contributed by atoms with E-state index in [0.29, 0.717) is 12.6 Å². The van der Waals surface area contributed by atoms with Gasteiger partial charge in [-0.15, -0.1) is 0 Å². The maximum atomic E-state index is 5.84. The highest BCUT2D eigenvalue weighted by atomic mass is 16.5. The molecule has 0 amide bonds.